The fraction of sp³-hybridized carbons (Fsp3) is 0.545. The fourth-order valence-corrected chi connectivity index (χ4v) is 1.34. The predicted molar refractivity (Wildman–Crippen MR) is 60.2 cm³/mol. The molecule has 0 aromatic carbocycles. The Kier molecular flexibility index (Phi) is 4.14. The number of ether oxygens (including phenoxy) is 1. The second-order valence-electron chi connectivity index (χ2n) is 3.84. The van der Waals surface area contributed by atoms with E-state index in [1.807, 2.05) is 13.0 Å². The maximum Gasteiger partial charge on any atom is 0.181 e. The van der Waals surface area contributed by atoms with Crippen LogP contribution in [0.3, 0.4) is 0 Å². The van der Waals surface area contributed by atoms with Crippen LogP contribution in [0, 0.1) is 6.92 Å². The summed E-state index contributed by atoms with van der Waals surface area (Å²) in [7, 11) is 3.88. The largest absolute Gasteiger partial charge is 0.380 e. The molecule has 2 nitrogen and oxygen atoms in total. The Bertz CT molecular complexity index is 299. The predicted octanol–water partition coefficient (Wildman–Crippen LogP) is 1.69. The summed E-state index contributed by atoms with van der Waals surface area (Å²) < 4.78 is 5.13. The number of aryl methyl sites for hydroxylation is 1. The number of hydrogen-bond donors (Lipinski definition) is 0. The summed E-state index contributed by atoms with van der Waals surface area (Å²) in [5.41, 5.74) is 3.27. The number of rotatable bonds is 4. The molecule has 14 heavy (non-hydrogen) atoms. The standard InChI is InChI=1S/C11H17BNO/c1-8(2)12-11-10(7-14-4)6-5-9(3)13-11/h5-6,8H,7H2,1-4H3. The molecular formula is C11H17BNO. The van der Waals surface area contributed by atoms with Gasteiger partial charge in [0.15, 0.2) is 7.28 Å². The van der Waals surface area contributed by atoms with E-state index < -0.39 is 0 Å². The Morgan fingerprint density at radius 3 is 2.71 bits per heavy atom. The van der Waals surface area contributed by atoms with Crippen molar-refractivity contribution >= 4 is 12.9 Å². The van der Waals surface area contributed by atoms with Crippen molar-refractivity contribution in [2.75, 3.05) is 7.11 Å². The quantitative estimate of drug-likeness (QED) is 0.674. The zero-order valence-electron chi connectivity index (χ0n) is 9.37. The third kappa shape index (κ3) is 3.15. The van der Waals surface area contributed by atoms with Crippen molar-refractivity contribution in [3.05, 3.63) is 23.4 Å². The van der Waals surface area contributed by atoms with Crippen LogP contribution in [0.25, 0.3) is 0 Å². The van der Waals surface area contributed by atoms with Crippen LogP contribution in [0.2, 0.25) is 5.82 Å². The van der Waals surface area contributed by atoms with E-state index in [4.69, 9.17) is 4.74 Å². The van der Waals surface area contributed by atoms with Crippen LogP contribution in [0.5, 0.6) is 0 Å². The molecule has 0 amide bonds. The molecule has 0 spiro atoms. The Balaban J connectivity index is 2.90. The van der Waals surface area contributed by atoms with Gasteiger partial charge < -0.3 is 4.74 Å². The topological polar surface area (TPSA) is 22.1 Å². The lowest BCUT2D eigenvalue weighted by Crippen LogP contribution is -2.26. The molecule has 0 aliphatic carbocycles. The van der Waals surface area contributed by atoms with E-state index in [2.05, 4.69) is 32.2 Å². The maximum absolute atomic E-state index is 5.13. The number of nitrogens with zero attached hydrogens (tertiary/aromatic N) is 1. The number of methoxy groups -OCH3 is 1. The van der Waals surface area contributed by atoms with E-state index in [1.54, 1.807) is 7.11 Å². The highest BCUT2D eigenvalue weighted by Crippen LogP contribution is 2.03. The Morgan fingerprint density at radius 2 is 2.14 bits per heavy atom. The summed E-state index contributed by atoms with van der Waals surface area (Å²) in [6, 6.07) is 4.10. The van der Waals surface area contributed by atoms with Crippen LogP contribution in [-0.4, -0.2) is 19.4 Å². The maximum atomic E-state index is 5.13. The van der Waals surface area contributed by atoms with Crippen molar-refractivity contribution in [1.82, 2.24) is 4.98 Å². The molecule has 0 unspecified atom stereocenters. The van der Waals surface area contributed by atoms with Gasteiger partial charge in [0.25, 0.3) is 0 Å². The van der Waals surface area contributed by atoms with E-state index >= 15 is 0 Å². The summed E-state index contributed by atoms with van der Waals surface area (Å²) >= 11 is 0. The van der Waals surface area contributed by atoms with Crippen LogP contribution in [-0.2, 0) is 11.3 Å². The molecule has 1 aromatic heterocycles. The molecule has 0 atom stereocenters. The van der Waals surface area contributed by atoms with Crippen molar-refractivity contribution in [2.24, 2.45) is 0 Å². The molecule has 1 aromatic rings. The summed E-state index contributed by atoms with van der Waals surface area (Å²) in [6.07, 6.45) is 0. The van der Waals surface area contributed by atoms with E-state index in [9.17, 15) is 0 Å². The lowest BCUT2D eigenvalue weighted by molar-refractivity contribution is 0.185. The molecule has 1 rings (SSSR count). The first-order chi connectivity index (χ1) is 6.63. The summed E-state index contributed by atoms with van der Waals surface area (Å²) in [5.74, 6) is 0.514. The highest BCUT2D eigenvalue weighted by molar-refractivity contribution is 6.54. The van der Waals surface area contributed by atoms with Gasteiger partial charge in [0, 0.05) is 18.4 Å². The molecule has 0 bridgehead atoms. The number of pyridine rings is 1. The average molecular weight is 190 g/mol. The van der Waals surface area contributed by atoms with E-state index in [-0.39, 0.29) is 0 Å². The molecule has 0 aliphatic heterocycles. The SMILES string of the molecule is COCc1ccc(C)nc1[B]C(C)C. The zero-order chi connectivity index (χ0) is 10.6. The minimum Gasteiger partial charge on any atom is -0.380 e. The van der Waals surface area contributed by atoms with Crippen molar-refractivity contribution in [1.29, 1.82) is 0 Å². The Morgan fingerprint density at radius 1 is 1.43 bits per heavy atom. The third-order valence-corrected chi connectivity index (χ3v) is 1.94. The van der Waals surface area contributed by atoms with Gasteiger partial charge in [-0.25, -0.2) is 0 Å². The lowest BCUT2D eigenvalue weighted by Gasteiger charge is -2.09. The number of aromatic nitrogens is 1. The normalized spacial score (nSPS) is 10.6. The van der Waals surface area contributed by atoms with Crippen LogP contribution >= 0.6 is 0 Å². The fourth-order valence-electron chi connectivity index (χ4n) is 1.34. The van der Waals surface area contributed by atoms with Gasteiger partial charge in [0.05, 0.1) is 6.61 Å². The first-order valence-corrected chi connectivity index (χ1v) is 4.94. The molecule has 1 heterocycles. The van der Waals surface area contributed by atoms with E-state index in [0.29, 0.717) is 12.4 Å². The van der Waals surface area contributed by atoms with E-state index in [1.165, 1.54) is 0 Å². The van der Waals surface area contributed by atoms with Crippen molar-refractivity contribution in [2.45, 2.75) is 33.2 Å². The molecule has 75 valence electrons. The molecule has 0 aliphatic rings. The molecule has 0 fully saturated rings. The summed E-state index contributed by atoms with van der Waals surface area (Å²) in [5, 5.41) is 0. The molecule has 0 saturated carbocycles. The molecule has 0 N–H and O–H groups in total. The van der Waals surface area contributed by atoms with Gasteiger partial charge in [-0.05, 0) is 18.6 Å². The van der Waals surface area contributed by atoms with Gasteiger partial charge in [-0.1, -0.05) is 25.7 Å². The van der Waals surface area contributed by atoms with Gasteiger partial charge in [0.1, 0.15) is 0 Å². The van der Waals surface area contributed by atoms with Gasteiger partial charge >= 0.3 is 0 Å². The van der Waals surface area contributed by atoms with Gasteiger partial charge in [-0.2, -0.15) is 0 Å². The van der Waals surface area contributed by atoms with Crippen LogP contribution in [0.15, 0.2) is 12.1 Å². The second kappa shape index (κ2) is 5.15. The van der Waals surface area contributed by atoms with Crippen LogP contribution in [0.4, 0.5) is 0 Å². The highest BCUT2D eigenvalue weighted by Gasteiger charge is 2.07. The summed E-state index contributed by atoms with van der Waals surface area (Å²) in [6.45, 7) is 6.95. The first kappa shape index (κ1) is 11.3. The molecule has 1 radical (unpaired) electrons. The molecule has 0 saturated heterocycles. The van der Waals surface area contributed by atoms with E-state index in [0.717, 1.165) is 16.9 Å². The minimum absolute atomic E-state index is 0.514. The van der Waals surface area contributed by atoms with Crippen molar-refractivity contribution < 1.29 is 4.74 Å². The van der Waals surface area contributed by atoms with Gasteiger partial charge in [-0.15, -0.1) is 0 Å². The Hall–Kier alpha value is -0.825. The molecule has 3 heteroatoms. The van der Waals surface area contributed by atoms with Crippen molar-refractivity contribution in [3.63, 3.8) is 0 Å². The average Bonchev–Trinajstić information content (AvgIpc) is 2.09. The third-order valence-electron chi connectivity index (χ3n) is 1.94. The van der Waals surface area contributed by atoms with Crippen LogP contribution in [0.1, 0.15) is 25.1 Å². The van der Waals surface area contributed by atoms with Crippen LogP contribution < -0.4 is 5.59 Å². The van der Waals surface area contributed by atoms with Gasteiger partial charge in [-0.3, -0.25) is 4.98 Å². The van der Waals surface area contributed by atoms with Crippen molar-refractivity contribution in [3.8, 4) is 0 Å². The lowest BCUT2D eigenvalue weighted by atomic mass is 9.62. The van der Waals surface area contributed by atoms with Gasteiger partial charge in [0.2, 0.25) is 0 Å². The zero-order valence-corrected chi connectivity index (χ0v) is 9.37. The smallest absolute Gasteiger partial charge is 0.181 e. The molecular weight excluding hydrogens is 173 g/mol. The number of hydrogen-bond acceptors (Lipinski definition) is 2. The highest BCUT2D eigenvalue weighted by atomic mass is 16.5. The minimum atomic E-state index is 0.514. The first-order valence-electron chi connectivity index (χ1n) is 4.94. The monoisotopic (exact) mass is 190 g/mol. The Labute approximate surface area is 86.9 Å². The second-order valence-corrected chi connectivity index (χ2v) is 3.84. The summed E-state index contributed by atoms with van der Waals surface area (Å²) in [4.78, 5) is 4.50.